The number of amides is 1. The number of hydrogen-bond acceptors (Lipinski definition) is 5. The minimum Gasteiger partial charge on any atom is -0.321 e. The van der Waals surface area contributed by atoms with Crippen LogP contribution >= 0.6 is 11.3 Å². The molecule has 0 spiro atoms. The first-order chi connectivity index (χ1) is 14.5. The number of para-hydroxylation sites is 1. The van der Waals surface area contributed by atoms with Gasteiger partial charge in [0.25, 0.3) is 11.6 Å². The van der Waals surface area contributed by atoms with Gasteiger partial charge in [-0.15, -0.1) is 11.3 Å². The average Bonchev–Trinajstić information content (AvgIpc) is 3.24. The first-order valence-corrected chi connectivity index (χ1v) is 9.76. The normalized spacial score (nSPS) is 10.6. The summed E-state index contributed by atoms with van der Waals surface area (Å²) < 4.78 is 14.1. The van der Waals surface area contributed by atoms with Crippen LogP contribution in [-0.2, 0) is 0 Å². The van der Waals surface area contributed by atoms with Gasteiger partial charge in [0.2, 0.25) is 0 Å². The molecule has 0 unspecified atom stereocenters. The maximum atomic E-state index is 14.1. The number of benzene rings is 3. The Kier molecular flexibility index (Phi) is 5.32. The Morgan fingerprint density at radius 2 is 1.63 bits per heavy atom. The van der Waals surface area contributed by atoms with E-state index in [0.29, 0.717) is 33.1 Å². The Labute approximate surface area is 174 Å². The monoisotopic (exact) mass is 419 g/mol. The Morgan fingerprint density at radius 1 is 0.967 bits per heavy atom. The van der Waals surface area contributed by atoms with E-state index in [0.717, 1.165) is 0 Å². The third-order valence-electron chi connectivity index (χ3n) is 4.40. The minimum atomic E-state index is -0.521. The fraction of sp³-hybridized carbons (Fsp3) is 0. The van der Waals surface area contributed by atoms with Crippen LogP contribution in [0.5, 0.6) is 0 Å². The summed E-state index contributed by atoms with van der Waals surface area (Å²) in [5.41, 5.74) is 2.45. The van der Waals surface area contributed by atoms with Gasteiger partial charge in [0.1, 0.15) is 10.8 Å². The number of hydrogen-bond donors (Lipinski definition) is 1. The van der Waals surface area contributed by atoms with Crippen molar-refractivity contribution in [3.8, 4) is 21.8 Å². The lowest BCUT2D eigenvalue weighted by Gasteiger charge is -2.09. The van der Waals surface area contributed by atoms with Crippen LogP contribution in [0.3, 0.4) is 0 Å². The van der Waals surface area contributed by atoms with E-state index in [1.165, 1.54) is 41.7 Å². The molecule has 8 heteroatoms. The van der Waals surface area contributed by atoms with Crippen molar-refractivity contribution in [1.29, 1.82) is 0 Å². The van der Waals surface area contributed by atoms with Crippen molar-refractivity contribution in [2.24, 2.45) is 0 Å². The van der Waals surface area contributed by atoms with E-state index >= 15 is 0 Å². The smallest absolute Gasteiger partial charge is 0.269 e. The van der Waals surface area contributed by atoms with Crippen molar-refractivity contribution in [3.63, 3.8) is 0 Å². The van der Waals surface area contributed by atoms with Crippen LogP contribution < -0.4 is 5.32 Å². The van der Waals surface area contributed by atoms with Gasteiger partial charge >= 0.3 is 0 Å². The number of halogens is 1. The quantitative estimate of drug-likeness (QED) is 0.328. The van der Waals surface area contributed by atoms with Gasteiger partial charge in [-0.3, -0.25) is 14.9 Å². The van der Waals surface area contributed by atoms with E-state index in [9.17, 15) is 19.3 Å². The number of non-ortho nitro benzene ring substituents is 1. The van der Waals surface area contributed by atoms with Crippen molar-refractivity contribution >= 4 is 28.6 Å². The molecule has 0 aliphatic heterocycles. The summed E-state index contributed by atoms with van der Waals surface area (Å²) in [4.78, 5) is 27.4. The number of nitrogens with zero attached hydrogens (tertiary/aromatic N) is 2. The zero-order chi connectivity index (χ0) is 21.1. The number of thiazole rings is 1. The Hall–Kier alpha value is -3.91. The van der Waals surface area contributed by atoms with E-state index in [2.05, 4.69) is 10.3 Å². The fourth-order valence-corrected chi connectivity index (χ4v) is 3.75. The highest BCUT2D eigenvalue weighted by atomic mass is 32.1. The summed E-state index contributed by atoms with van der Waals surface area (Å²) in [5, 5.41) is 15.9. The van der Waals surface area contributed by atoms with E-state index in [-0.39, 0.29) is 11.5 Å². The van der Waals surface area contributed by atoms with Crippen LogP contribution in [0.25, 0.3) is 21.8 Å². The van der Waals surface area contributed by atoms with Gasteiger partial charge in [-0.2, -0.15) is 0 Å². The molecule has 0 bridgehead atoms. The maximum absolute atomic E-state index is 14.1. The van der Waals surface area contributed by atoms with Gasteiger partial charge in [-0.25, -0.2) is 9.37 Å². The van der Waals surface area contributed by atoms with E-state index in [4.69, 9.17) is 0 Å². The molecular weight excluding hydrogens is 405 g/mol. The molecule has 30 heavy (non-hydrogen) atoms. The number of nitro benzene ring substituents is 1. The molecule has 1 aromatic heterocycles. The highest BCUT2D eigenvalue weighted by Crippen LogP contribution is 2.33. The van der Waals surface area contributed by atoms with Crippen LogP contribution in [0.2, 0.25) is 0 Å². The van der Waals surface area contributed by atoms with Gasteiger partial charge in [-0.1, -0.05) is 30.3 Å². The highest BCUT2D eigenvalue weighted by Gasteiger charge is 2.15. The first-order valence-electron chi connectivity index (χ1n) is 8.88. The van der Waals surface area contributed by atoms with Gasteiger partial charge < -0.3 is 5.32 Å². The molecule has 1 N–H and O–H groups in total. The highest BCUT2D eigenvalue weighted by molar-refractivity contribution is 7.13. The summed E-state index contributed by atoms with van der Waals surface area (Å²) in [6, 6.07) is 18.9. The van der Waals surface area contributed by atoms with Crippen LogP contribution in [0.4, 0.5) is 15.8 Å². The molecule has 1 heterocycles. The predicted octanol–water partition coefficient (Wildman–Crippen LogP) is 5.78. The number of carbonyl (C=O) groups excluding carboxylic acids is 1. The Bertz CT molecular complexity index is 1240. The topological polar surface area (TPSA) is 85.1 Å². The maximum Gasteiger partial charge on any atom is 0.269 e. The molecule has 0 aliphatic rings. The van der Waals surface area contributed by atoms with E-state index in [1.54, 1.807) is 35.7 Å². The molecule has 1 amide bonds. The van der Waals surface area contributed by atoms with Gasteiger partial charge in [0, 0.05) is 34.2 Å². The second kappa shape index (κ2) is 8.22. The lowest BCUT2D eigenvalue weighted by atomic mass is 10.1. The summed E-state index contributed by atoms with van der Waals surface area (Å²) >= 11 is 1.31. The lowest BCUT2D eigenvalue weighted by molar-refractivity contribution is -0.384. The summed E-state index contributed by atoms with van der Waals surface area (Å²) in [7, 11) is 0. The number of aromatic nitrogens is 1. The molecule has 6 nitrogen and oxygen atoms in total. The molecular formula is C22H14FN3O3S. The number of rotatable bonds is 5. The van der Waals surface area contributed by atoms with Crippen LogP contribution in [0.15, 0.2) is 78.2 Å². The standard InChI is InChI=1S/C22H14FN3O3S/c23-18-7-3-1-5-16(18)22-25-20(13-30-22)17-6-2-4-8-19(17)24-21(27)14-9-11-15(12-10-14)26(28)29/h1-13H,(H,24,27). The van der Waals surface area contributed by atoms with Gasteiger partial charge in [0.15, 0.2) is 0 Å². The van der Waals surface area contributed by atoms with Crippen LogP contribution in [0, 0.1) is 15.9 Å². The molecule has 0 fully saturated rings. The first kappa shape index (κ1) is 19.4. The van der Waals surface area contributed by atoms with E-state index < -0.39 is 10.8 Å². The third-order valence-corrected chi connectivity index (χ3v) is 5.28. The van der Waals surface area contributed by atoms with Crippen molar-refractivity contribution in [1.82, 2.24) is 4.98 Å². The minimum absolute atomic E-state index is 0.0879. The van der Waals surface area contributed by atoms with Gasteiger partial charge in [-0.05, 0) is 30.3 Å². The zero-order valence-electron chi connectivity index (χ0n) is 15.4. The largest absolute Gasteiger partial charge is 0.321 e. The molecule has 148 valence electrons. The molecule has 0 saturated heterocycles. The molecule has 3 aromatic carbocycles. The molecule has 4 rings (SSSR count). The van der Waals surface area contributed by atoms with Crippen molar-refractivity contribution in [2.75, 3.05) is 5.32 Å². The average molecular weight is 419 g/mol. The van der Waals surface area contributed by atoms with Gasteiger partial charge in [0.05, 0.1) is 16.3 Å². The van der Waals surface area contributed by atoms with Crippen molar-refractivity contribution < 1.29 is 14.1 Å². The molecule has 4 aromatic rings. The summed E-state index contributed by atoms with van der Waals surface area (Å²) in [6.07, 6.45) is 0. The Balaban J connectivity index is 1.61. The number of nitro groups is 1. The second-order valence-electron chi connectivity index (χ2n) is 6.32. The zero-order valence-corrected chi connectivity index (χ0v) is 16.2. The summed E-state index contributed by atoms with van der Waals surface area (Å²) in [6.45, 7) is 0. The number of carbonyl (C=O) groups is 1. The van der Waals surface area contributed by atoms with E-state index in [1.807, 2.05) is 12.1 Å². The number of nitrogens with one attached hydrogen (secondary N) is 1. The number of anilines is 1. The second-order valence-corrected chi connectivity index (χ2v) is 7.18. The fourth-order valence-electron chi connectivity index (χ4n) is 2.90. The molecule has 0 atom stereocenters. The van der Waals surface area contributed by atoms with Crippen LogP contribution in [0.1, 0.15) is 10.4 Å². The predicted molar refractivity (Wildman–Crippen MR) is 114 cm³/mol. The van der Waals surface area contributed by atoms with Crippen molar-refractivity contribution in [3.05, 3.63) is 99.7 Å². The molecule has 0 aliphatic carbocycles. The van der Waals surface area contributed by atoms with Crippen molar-refractivity contribution in [2.45, 2.75) is 0 Å². The Morgan fingerprint density at radius 3 is 2.33 bits per heavy atom. The summed E-state index contributed by atoms with van der Waals surface area (Å²) in [5.74, 6) is -0.750. The molecule has 0 radical (unpaired) electrons. The molecule has 0 saturated carbocycles. The lowest BCUT2D eigenvalue weighted by Crippen LogP contribution is -2.12. The SMILES string of the molecule is O=C(Nc1ccccc1-c1csc(-c2ccccc2F)n1)c1ccc([N+](=O)[O-])cc1. The van der Waals surface area contributed by atoms with Crippen LogP contribution in [-0.4, -0.2) is 15.8 Å². The third kappa shape index (κ3) is 3.94.